The summed E-state index contributed by atoms with van der Waals surface area (Å²) < 4.78 is 0. The van der Waals surface area contributed by atoms with Gasteiger partial charge < -0.3 is 0 Å². The maximum atomic E-state index is 9.33. The Kier molecular flexibility index (Phi) is 4.46. The fraction of sp³-hybridized carbons (Fsp3) is 0.0556. The smallest absolute Gasteiger partial charge is 0.196 e. The molecule has 0 aliphatic carbocycles. The van der Waals surface area contributed by atoms with Crippen molar-refractivity contribution in [1.29, 1.82) is 5.26 Å². The minimum Gasteiger partial charge on any atom is -0.277 e. The molecule has 0 aliphatic rings. The normalized spacial score (nSPS) is 11.0. The molecule has 0 saturated heterocycles. The first-order valence-electron chi connectivity index (χ1n) is 7.08. The average molecular weight is 318 g/mol. The van der Waals surface area contributed by atoms with Gasteiger partial charge in [0.15, 0.2) is 10.7 Å². The van der Waals surface area contributed by atoms with E-state index in [0.717, 1.165) is 16.9 Å². The van der Waals surface area contributed by atoms with Gasteiger partial charge in [0.2, 0.25) is 0 Å². The van der Waals surface area contributed by atoms with Crippen LogP contribution in [0, 0.1) is 18.3 Å². The maximum Gasteiger partial charge on any atom is 0.196 e. The first-order chi connectivity index (χ1) is 11.3. The van der Waals surface area contributed by atoms with E-state index in [4.69, 9.17) is 0 Å². The Labute approximate surface area is 138 Å². The summed E-state index contributed by atoms with van der Waals surface area (Å²) in [6, 6.07) is 19.8. The topological polar surface area (TPSA) is 61.1 Å². The first kappa shape index (κ1) is 14.9. The van der Waals surface area contributed by atoms with Crippen LogP contribution >= 0.6 is 11.3 Å². The Balaban J connectivity index is 1.81. The molecule has 0 fully saturated rings. The van der Waals surface area contributed by atoms with Crippen molar-refractivity contribution in [2.45, 2.75) is 6.92 Å². The van der Waals surface area contributed by atoms with Crippen molar-refractivity contribution >= 4 is 22.7 Å². The molecule has 3 rings (SSSR count). The first-order valence-corrected chi connectivity index (χ1v) is 7.96. The third-order valence-electron chi connectivity index (χ3n) is 3.23. The van der Waals surface area contributed by atoms with Gasteiger partial charge in [0, 0.05) is 10.9 Å². The molecule has 1 heterocycles. The third kappa shape index (κ3) is 3.62. The van der Waals surface area contributed by atoms with Crippen LogP contribution in [-0.2, 0) is 0 Å². The lowest BCUT2D eigenvalue weighted by Crippen LogP contribution is -2.01. The number of nitrogens with one attached hydrogen (secondary N) is 1. The molecular weight excluding hydrogens is 304 g/mol. The van der Waals surface area contributed by atoms with E-state index >= 15 is 0 Å². The zero-order chi connectivity index (χ0) is 16.1. The number of anilines is 1. The number of hydrogen-bond donors (Lipinski definition) is 1. The van der Waals surface area contributed by atoms with Crippen LogP contribution in [0.15, 0.2) is 65.1 Å². The molecule has 0 spiro atoms. The standard InChI is InChI=1S/C18H14N4S/c1-13-7-9-15(10-8-13)21-22-16(11-19)18-20-17(12-23-18)14-5-3-2-4-6-14/h2-10,12,21H,1H3/b22-16+. The molecule has 1 N–H and O–H groups in total. The lowest BCUT2D eigenvalue weighted by atomic mass is 10.2. The number of nitrogens with zero attached hydrogens (tertiary/aromatic N) is 3. The molecule has 0 unspecified atom stereocenters. The average Bonchev–Trinajstić information content (AvgIpc) is 3.08. The summed E-state index contributed by atoms with van der Waals surface area (Å²) in [7, 11) is 0. The molecule has 0 bridgehead atoms. The summed E-state index contributed by atoms with van der Waals surface area (Å²) in [5.74, 6) is 0. The second-order valence-electron chi connectivity index (χ2n) is 4.95. The number of benzene rings is 2. The highest BCUT2D eigenvalue weighted by Gasteiger charge is 2.10. The lowest BCUT2D eigenvalue weighted by Gasteiger charge is -2.01. The zero-order valence-corrected chi connectivity index (χ0v) is 13.3. The van der Waals surface area contributed by atoms with Crippen molar-refractivity contribution in [3.63, 3.8) is 0 Å². The molecule has 0 amide bonds. The summed E-state index contributed by atoms with van der Waals surface area (Å²) in [5.41, 5.74) is 7.07. The number of hydrazone groups is 1. The fourth-order valence-corrected chi connectivity index (χ4v) is 2.76. The largest absolute Gasteiger partial charge is 0.277 e. The number of hydrogen-bond acceptors (Lipinski definition) is 5. The monoisotopic (exact) mass is 318 g/mol. The maximum absolute atomic E-state index is 9.33. The molecular formula is C18H14N4S. The van der Waals surface area contributed by atoms with Crippen LogP contribution < -0.4 is 5.43 Å². The SMILES string of the molecule is Cc1ccc(N/N=C(\C#N)c2nc(-c3ccccc3)cs2)cc1. The van der Waals surface area contributed by atoms with Crippen LogP contribution in [0.5, 0.6) is 0 Å². The highest BCUT2D eigenvalue weighted by atomic mass is 32.1. The second kappa shape index (κ2) is 6.86. The fourth-order valence-electron chi connectivity index (χ4n) is 1.99. The van der Waals surface area contributed by atoms with E-state index in [0.29, 0.717) is 5.01 Å². The van der Waals surface area contributed by atoms with Crippen LogP contribution in [0.3, 0.4) is 0 Å². The van der Waals surface area contributed by atoms with E-state index in [2.05, 4.69) is 21.6 Å². The number of thiazole rings is 1. The van der Waals surface area contributed by atoms with Gasteiger partial charge in [0.25, 0.3) is 0 Å². The van der Waals surface area contributed by atoms with Crippen molar-refractivity contribution in [1.82, 2.24) is 4.98 Å². The van der Waals surface area contributed by atoms with Crippen LogP contribution in [-0.4, -0.2) is 10.7 Å². The minimum absolute atomic E-state index is 0.276. The lowest BCUT2D eigenvalue weighted by molar-refractivity contribution is 1.30. The molecule has 4 nitrogen and oxygen atoms in total. The second-order valence-corrected chi connectivity index (χ2v) is 5.81. The summed E-state index contributed by atoms with van der Waals surface area (Å²) >= 11 is 1.41. The van der Waals surface area contributed by atoms with Crippen LogP contribution in [0.25, 0.3) is 11.3 Å². The molecule has 2 aromatic carbocycles. The molecule has 1 aromatic heterocycles. The third-order valence-corrected chi connectivity index (χ3v) is 4.08. The van der Waals surface area contributed by atoms with E-state index in [1.165, 1.54) is 16.9 Å². The Bertz CT molecular complexity index is 858. The van der Waals surface area contributed by atoms with E-state index in [1.54, 1.807) is 0 Å². The van der Waals surface area contributed by atoms with E-state index in [1.807, 2.05) is 66.9 Å². The van der Waals surface area contributed by atoms with Gasteiger partial charge >= 0.3 is 0 Å². The van der Waals surface area contributed by atoms with Crippen molar-refractivity contribution in [3.05, 3.63) is 70.5 Å². The summed E-state index contributed by atoms with van der Waals surface area (Å²) in [6.45, 7) is 2.02. The number of aryl methyl sites for hydroxylation is 1. The van der Waals surface area contributed by atoms with Gasteiger partial charge in [0.05, 0.1) is 11.4 Å². The molecule has 112 valence electrons. The van der Waals surface area contributed by atoms with Crippen molar-refractivity contribution in [2.75, 3.05) is 5.43 Å². The summed E-state index contributed by atoms with van der Waals surface area (Å²) in [6.07, 6.45) is 0. The molecule has 0 radical (unpaired) electrons. The highest BCUT2D eigenvalue weighted by molar-refractivity contribution is 7.12. The van der Waals surface area contributed by atoms with Gasteiger partial charge in [0.1, 0.15) is 6.07 Å². The predicted molar refractivity (Wildman–Crippen MR) is 94.5 cm³/mol. The van der Waals surface area contributed by atoms with Crippen molar-refractivity contribution in [3.8, 4) is 17.3 Å². The van der Waals surface area contributed by atoms with Gasteiger partial charge in [-0.2, -0.15) is 10.4 Å². The van der Waals surface area contributed by atoms with E-state index in [9.17, 15) is 5.26 Å². The van der Waals surface area contributed by atoms with Gasteiger partial charge in [-0.1, -0.05) is 48.0 Å². The Morgan fingerprint density at radius 1 is 1.13 bits per heavy atom. The highest BCUT2D eigenvalue weighted by Crippen LogP contribution is 2.22. The Morgan fingerprint density at radius 2 is 1.87 bits per heavy atom. The molecule has 3 aromatic rings. The van der Waals surface area contributed by atoms with Crippen LogP contribution in [0.4, 0.5) is 5.69 Å². The molecule has 23 heavy (non-hydrogen) atoms. The van der Waals surface area contributed by atoms with Gasteiger partial charge in [-0.3, -0.25) is 5.43 Å². The summed E-state index contributed by atoms with van der Waals surface area (Å²) in [4.78, 5) is 4.50. The molecule has 5 heteroatoms. The van der Waals surface area contributed by atoms with E-state index < -0.39 is 0 Å². The van der Waals surface area contributed by atoms with Gasteiger partial charge in [-0.15, -0.1) is 11.3 Å². The minimum atomic E-state index is 0.276. The quantitative estimate of drug-likeness (QED) is 0.571. The van der Waals surface area contributed by atoms with Crippen LogP contribution in [0.2, 0.25) is 0 Å². The molecule has 0 atom stereocenters. The van der Waals surface area contributed by atoms with E-state index in [-0.39, 0.29) is 5.71 Å². The number of nitriles is 1. The predicted octanol–water partition coefficient (Wildman–Crippen LogP) is 4.46. The van der Waals surface area contributed by atoms with Crippen molar-refractivity contribution < 1.29 is 0 Å². The van der Waals surface area contributed by atoms with Crippen molar-refractivity contribution in [2.24, 2.45) is 5.10 Å². The number of aromatic nitrogens is 1. The Hall–Kier alpha value is -2.97. The molecule has 0 saturated carbocycles. The Morgan fingerprint density at radius 3 is 2.57 bits per heavy atom. The summed E-state index contributed by atoms with van der Waals surface area (Å²) in [5, 5.41) is 16.0. The zero-order valence-electron chi connectivity index (χ0n) is 12.5. The molecule has 0 aliphatic heterocycles. The van der Waals surface area contributed by atoms with Crippen LogP contribution in [0.1, 0.15) is 10.6 Å². The van der Waals surface area contributed by atoms with Gasteiger partial charge in [-0.25, -0.2) is 4.98 Å². The van der Waals surface area contributed by atoms with Gasteiger partial charge in [-0.05, 0) is 19.1 Å². The number of rotatable bonds is 4.